The Morgan fingerprint density at radius 2 is 2.11 bits per heavy atom. The Labute approximate surface area is 121 Å². The smallest absolute Gasteiger partial charge is 0.252 e. The average Bonchev–Trinajstić information content (AvgIpc) is 2.43. The van der Waals surface area contributed by atoms with Crippen molar-refractivity contribution < 1.29 is 4.79 Å². The minimum Gasteiger partial charge on any atom is -0.351 e. The number of carbonyl (C=O) groups excluding carboxylic acids is 1. The molecule has 100 valence electrons. The van der Waals surface area contributed by atoms with Crippen LogP contribution in [0, 0.1) is 5.92 Å². The Balaban J connectivity index is 2.09. The maximum Gasteiger partial charge on any atom is 0.252 e. The van der Waals surface area contributed by atoms with Crippen molar-refractivity contribution in [2.24, 2.45) is 5.92 Å². The molecule has 1 N–H and O–H groups in total. The normalized spacial score (nSPS) is 12.6. The molecule has 1 unspecified atom stereocenters. The average molecular weight is 321 g/mol. The number of rotatable bonds is 4. The van der Waals surface area contributed by atoms with Crippen LogP contribution in [0.15, 0.2) is 36.5 Å². The highest BCUT2D eigenvalue weighted by atomic mass is 79.9. The number of hydrogen-bond donors (Lipinski definition) is 1. The summed E-state index contributed by atoms with van der Waals surface area (Å²) in [5, 5.41) is 3.90. The van der Waals surface area contributed by atoms with E-state index >= 15 is 0 Å². The van der Waals surface area contributed by atoms with E-state index in [0.29, 0.717) is 18.0 Å². The van der Waals surface area contributed by atoms with E-state index in [1.54, 1.807) is 6.20 Å². The highest BCUT2D eigenvalue weighted by molar-refractivity contribution is 9.09. The van der Waals surface area contributed by atoms with Gasteiger partial charge in [-0.1, -0.05) is 48.0 Å². The van der Waals surface area contributed by atoms with Crippen molar-refractivity contribution >= 4 is 32.7 Å². The zero-order valence-electron chi connectivity index (χ0n) is 11.1. The van der Waals surface area contributed by atoms with E-state index in [0.717, 1.165) is 10.9 Å². The molecular formula is C15H17BrN2O. The summed E-state index contributed by atoms with van der Waals surface area (Å²) in [6.45, 7) is 4.84. The van der Waals surface area contributed by atoms with Gasteiger partial charge in [0.15, 0.2) is 0 Å². The van der Waals surface area contributed by atoms with Crippen LogP contribution in [-0.2, 0) is 0 Å². The number of fused-ring (bicyclic) bond motifs is 1. The molecule has 0 aliphatic carbocycles. The lowest BCUT2D eigenvalue weighted by Gasteiger charge is -2.14. The second-order valence-corrected chi connectivity index (χ2v) is 6.06. The molecule has 0 saturated carbocycles. The summed E-state index contributed by atoms with van der Waals surface area (Å²) in [6.07, 6.45) is 1.62. The maximum atomic E-state index is 12.0. The number of nitrogens with zero attached hydrogens (tertiary/aromatic N) is 1. The number of para-hydroxylation sites is 1. The number of alkyl halides is 1. The topological polar surface area (TPSA) is 42.0 Å². The van der Waals surface area contributed by atoms with Crippen LogP contribution in [0.4, 0.5) is 0 Å². The zero-order chi connectivity index (χ0) is 13.8. The molecule has 0 spiro atoms. The Bertz CT molecular complexity index is 583. The van der Waals surface area contributed by atoms with E-state index in [1.165, 1.54) is 0 Å². The molecule has 3 nitrogen and oxygen atoms in total. The van der Waals surface area contributed by atoms with Gasteiger partial charge >= 0.3 is 0 Å². The van der Waals surface area contributed by atoms with Gasteiger partial charge in [-0.2, -0.15) is 0 Å². The summed E-state index contributed by atoms with van der Waals surface area (Å²) in [7, 11) is 0. The first-order chi connectivity index (χ1) is 9.08. The maximum absolute atomic E-state index is 12.0. The first kappa shape index (κ1) is 14.0. The van der Waals surface area contributed by atoms with Crippen molar-refractivity contribution in [1.82, 2.24) is 10.3 Å². The fourth-order valence-corrected chi connectivity index (χ4v) is 1.89. The zero-order valence-corrected chi connectivity index (χ0v) is 12.6. The molecule has 1 heterocycles. The fraction of sp³-hybridized carbons (Fsp3) is 0.333. The van der Waals surface area contributed by atoms with Gasteiger partial charge in [0.25, 0.3) is 5.91 Å². The van der Waals surface area contributed by atoms with Crippen molar-refractivity contribution in [2.45, 2.75) is 18.7 Å². The number of hydrogen-bond acceptors (Lipinski definition) is 2. The van der Waals surface area contributed by atoms with E-state index in [1.807, 2.05) is 30.3 Å². The van der Waals surface area contributed by atoms with Crippen LogP contribution in [-0.4, -0.2) is 22.3 Å². The molecule has 0 aliphatic rings. The van der Waals surface area contributed by atoms with E-state index < -0.39 is 0 Å². The Kier molecular flexibility index (Phi) is 4.53. The Morgan fingerprint density at radius 1 is 1.37 bits per heavy atom. The van der Waals surface area contributed by atoms with Gasteiger partial charge in [0.1, 0.15) is 0 Å². The standard InChI is InChI=1S/C15H17BrN2O/c1-10(2)13(16)9-18-15(19)12-7-11-5-3-4-6-14(11)17-8-12/h3-8,10,13H,9H2,1-2H3,(H,18,19). The molecule has 0 radical (unpaired) electrons. The van der Waals surface area contributed by atoms with Gasteiger partial charge in [0, 0.05) is 23.0 Å². The van der Waals surface area contributed by atoms with E-state index in [4.69, 9.17) is 0 Å². The van der Waals surface area contributed by atoms with Gasteiger partial charge < -0.3 is 5.32 Å². The van der Waals surface area contributed by atoms with Gasteiger partial charge in [-0.15, -0.1) is 0 Å². The molecular weight excluding hydrogens is 304 g/mol. The number of benzene rings is 1. The first-order valence-corrected chi connectivity index (χ1v) is 7.26. The van der Waals surface area contributed by atoms with Crippen molar-refractivity contribution in [2.75, 3.05) is 6.54 Å². The number of pyridine rings is 1. The predicted molar refractivity (Wildman–Crippen MR) is 81.6 cm³/mol. The highest BCUT2D eigenvalue weighted by Gasteiger charge is 2.12. The summed E-state index contributed by atoms with van der Waals surface area (Å²) in [5.41, 5.74) is 1.50. The van der Waals surface area contributed by atoms with E-state index in [-0.39, 0.29) is 10.7 Å². The van der Waals surface area contributed by atoms with Crippen molar-refractivity contribution in [3.63, 3.8) is 0 Å². The number of nitrogens with one attached hydrogen (secondary N) is 1. The minimum absolute atomic E-state index is 0.0802. The van der Waals surface area contributed by atoms with Crippen LogP contribution in [0.25, 0.3) is 10.9 Å². The molecule has 0 aliphatic heterocycles. The third-order valence-corrected chi connectivity index (χ3v) is 4.41. The third kappa shape index (κ3) is 3.53. The van der Waals surface area contributed by atoms with Crippen molar-refractivity contribution in [3.05, 3.63) is 42.1 Å². The van der Waals surface area contributed by atoms with Gasteiger partial charge in [-0.05, 0) is 18.1 Å². The molecule has 4 heteroatoms. The second-order valence-electron chi connectivity index (χ2n) is 4.89. The first-order valence-electron chi connectivity index (χ1n) is 6.35. The van der Waals surface area contributed by atoms with Crippen molar-refractivity contribution in [1.29, 1.82) is 0 Å². The lowest BCUT2D eigenvalue weighted by Crippen LogP contribution is -2.31. The van der Waals surface area contributed by atoms with Crippen LogP contribution in [0.3, 0.4) is 0 Å². The SMILES string of the molecule is CC(C)C(Br)CNC(=O)c1cnc2ccccc2c1. The summed E-state index contributed by atoms with van der Waals surface area (Å²) in [4.78, 5) is 16.6. The Hall–Kier alpha value is -1.42. The van der Waals surface area contributed by atoms with Gasteiger partial charge in [0.2, 0.25) is 0 Å². The quantitative estimate of drug-likeness (QED) is 0.877. The van der Waals surface area contributed by atoms with Crippen LogP contribution in [0.5, 0.6) is 0 Å². The number of amides is 1. The van der Waals surface area contributed by atoms with Gasteiger partial charge in [-0.25, -0.2) is 0 Å². The molecule has 0 bridgehead atoms. The van der Waals surface area contributed by atoms with Crippen molar-refractivity contribution in [3.8, 4) is 0 Å². The molecule has 2 aromatic rings. The molecule has 1 atom stereocenters. The minimum atomic E-state index is -0.0802. The third-order valence-electron chi connectivity index (χ3n) is 3.03. The molecule has 19 heavy (non-hydrogen) atoms. The highest BCUT2D eigenvalue weighted by Crippen LogP contribution is 2.13. The molecule has 1 aromatic heterocycles. The number of carbonyl (C=O) groups is 1. The van der Waals surface area contributed by atoms with Crippen LogP contribution >= 0.6 is 15.9 Å². The fourth-order valence-electron chi connectivity index (χ4n) is 1.72. The second kappa shape index (κ2) is 6.15. The lowest BCUT2D eigenvalue weighted by molar-refractivity contribution is 0.0952. The van der Waals surface area contributed by atoms with Gasteiger partial charge in [0.05, 0.1) is 11.1 Å². The summed E-state index contributed by atoms with van der Waals surface area (Å²) in [5.74, 6) is 0.401. The summed E-state index contributed by atoms with van der Waals surface area (Å²) in [6, 6.07) is 9.65. The number of aromatic nitrogens is 1. The largest absolute Gasteiger partial charge is 0.351 e. The van der Waals surface area contributed by atoms with Crippen LogP contribution in [0.1, 0.15) is 24.2 Å². The van der Waals surface area contributed by atoms with E-state index in [9.17, 15) is 4.79 Å². The monoisotopic (exact) mass is 320 g/mol. The molecule has 0 saturated heterocycles. The van der Waals surface area contributed by atoms with E-state index in [2.05, 4.69) is 40.1 Å². The molecule has 1 aromatic carbocycles. The molecule has 0 fully saturated rings. The summed E-state index contributed by atoms with van der Waals surface area (Å²) < 4.78 is 0. The predicted octanol–water partition coefficient (Wildman–Crippen LogP) is 3.38. The molecule has 1 amide bonds. The van der Waals surface area contributed by atoms with Crippen LogP contribution < -0.4 is 5.32 Å². The van der Waals surface area contributed by atoms with Gasteiger partial charge in [-0.3, -0.25) is 9.78 Å². The number of halogens is 1. The van der Waals surface area contributed by atoms with Crippen LogP contribution in [0.2, 0.25) is 0 Å². The Morgan fingerprint density at radius 3 is 2.84 bits per heavy atom. The lowest BCUT2D eigenvalue weighted by atomic mass is 10.1. The summed E-state index contributed by atoms with van der Waals surface area (Å²) >= 11 is 3.55. The molecule has 2 rings (SSSR count).